The van der Waals surface area contributed by atoms with Crippen LogP contribution in [0.25, 0.3) is 32.2 Å². The first-order chi connectivity index (χ1) is 23.6. The fraction of sp³-hybridized carbons (Fsp3) is 0.486. The normalized spacial score (nSPS) is 19.0. The number of benzene rings is 1. The molecule has 12 nitrogen and oxygen atoms in total. The van der Waals surface area contributed by atoms with E-state index < -0.39 is 34.5 Å². The molecule has 0 unspecified atom stereocenters. The summed E-state index contributed by atoms with van der Waals surface area (Å²) in [7, 11) is 0. The number of pyridine rings is 1. The third-order valence-corrected chi connectivity index (χ3v) is 10.3. The third kappa shape index (κ3) is 5.83. The average Bonchev–Trinajstić information content (AvgIpc) is 3.83. The first-order valence-corrected chi connectivity index (χ1v) is 17.3. The van der Waals surface area contributed by atoms with Gasteiger partial charge in [0.2, 0.25) is 5.95 Å². The molecule has 0 aliphatic carbocycles. The second-order valence-electron chi connectivity index (χ2n) is 14.9. The first-order valence-electron chi connectivity index (χ1n) is 16.4. The quantitative estimate of drug-likeness (QED) is 0.229. The van der Waals surface area contributed by atoms with E-state index in [0.717, 1.165) is 30.4 Å². The highest BCUT2D eigenvalue weighted by molar-refractivity contribution is 7.23. The number of rotatable bonds is 3. The molecule has 2 fully saturated rings. The highest BCUT2D eigenvalue weighted by Crippen LogP contribution is 2.46. The number of amides is 2. The van der Waals surface area contributed by atoms with Gasteiger partial charge in [-0.05, 0) is 71.9 Å². The monoisotopic (exact) mass is 705 g/mol. The van der Waals surface area contributed by atoms with Crippen molar-refractivity contribution in [1.82, 2.24) is 19.9 Å². The minimum Gasteiger partial charge on any atom is -0.444 e. The maximum absolute atomic E-state index is 17.0. The van der Waals surface area contributed by atoms with Gasteiger partial charge in [-0.2, -0.15) is 5.26 Å². The summed E-state index contributed by atoms with van der Waals surface area (Å²) in [6.45, 7) is 12.4. The van der Waals surface area contributed by atoms with E-state index in [1.54, 1.807) is 27.0 Å². The van der Waals surface area contributed by atoms with Gasteiger partial charge in [0.1, 0.15) is 27.8 Å². The molecular weight excluding hydrogens is 668 g/mol. The minimum atomic E-state index is -0.818. The Balaban J connectivity index is 1.31. The molecular formula is C35H37F2N7O5S. The number of nitrogens with zero attached hydrogens (tertiary/aromatic N) is 6. The molecule has 1 N–H and O–H groups in total. The summed E-state index contributed by atoms with van der Waals surface area (Å²) in [6, 6.07) is 2.05. The number of halogens is 2. The van der Waals surface area contributed by atoms with Gasteiger partial charge in [0.25, 0.3) is 0 Å². The first kappa shape index (κ1) is 33.8. The molecule has 6 heterocycles. The van der Waals surface area contributed by atoms with E-state index in [4.69, 9.17) is 19.2 Å². The van der Waals surface area contributed by atoms with Gasteiger partial charge in [-0.25, -0.2) is 28.3 Å². The molecule has 3 aliphatic rings. The number of carbonyl (C=O) groups excluding carboxylic acids is 2. The van der Waals surface area contributed by atoms with Crippen molar-refractivity contribution in [2.24, 2.45) is 0 Å². The smallest absolute Gasteiger partial charge is 0.412 e. The molecule has 1 aromatic carbocycles. The van der Waals surface area contributed by atoms with Crippen LogP contribution in [0.1, 0.15) is 77.5 Å². The van der Waals surface area contributed by atoms with Gasteiger partial charge in [0.15, 0.2) is 11.6 Å². The van der Waals surface area contributed by atoms with Crippen molar-refractivity contribution in [2.45, 2.75) is 90.8 Å². The third-order valence-electron chi connectivity index (χ3n) is 9.14. The lowest BCUT2D eigenvalue weighted by Crippen LogP contribution is -2.50. The van der Waals surface area contributed by atoms with Gasteiger partial charge in [-0.1, -0.05) is 0 Å². The molecule has 3 aromatic heterocycles. The van der Waals surface area contributed by atoms with Crippen molar-refractivity contribution >= 4 is 55.5 Å². The van der Waals surface area contributed by atoms with Crippen molar-refractivity contribution in [3.8, 4) is 17.3 Å². The fourth-order valence-electron chi connectivity index (χ4n) is 7.15. The summed E-state index contributed by atoms with van der Waals surface area (Å²) >= 11 is 0.842. The predicted octanol–water partition coefficient (Wildman–Crippen LogP) is 7.41. The second kappa shape index (κ2) is 12.0. The lowest BCUT2D eigenvalue weighted by molar-refractivity contribution is 0.0111. The Hall–Kier alpha value is -4.68. The molecule has 3 aliphatic heterocycles. The van der Waals surface area contributed by atoms with Crippen molar-refractivity contribution in [3.05, 3.63) is 40.7 Å². The topological polar surface area (TPSA) is 143 Å². The molecule has 0 bridgehead atoms. The van der Waals surface area contributed by atoms with Gasteiger partial charge in [0, 0.05) is 42.2 Å². The molecule has 2 amide bonds. The molecule has 1 spiro atoms. The van der Waals surface area contributed by atoms with E-state index in [-0.39, 0.29) is 56.7 Å². The Bertz CT molecular complexity index is 2120. The number of likely N-dealkylation sites (tertiary alicyclic amines) is 1. The zero-order valence-electron chi connectivity index (χ0n) is 28.7. The number of hydrogen-bond donors (Lipinski definition) is 1. The van der Waals surface area contributed by atoms with E-state index in [2.05, 4.69) is 21.4 Å². The van der Waals surface area contributed by atoms with Crippen LogP contribution >= 0.6 is 11.3 Å². The summed E-state index contributed by atoms with van der Waals surface area (Å²) in [5.74, 6) is -1.13. The summed E-state index contributed by atoms with van der Waals surface area (Å²) in [6.07, 6.45) is 3.73. The molecule has 0 radical (unpaired) electrons. The van der Waals surface area contributed by atoms with E-state index in [1.165, 1.54) is 0 Å². The van der Waals surface area contributed by atoms with E-state index >= 15 is 8.78 Å². The predicted molar refractivity (Wildman–Crippen MR) is 183 cm³/mol. The van der Waals surface area contributed by atoms with Crippen molar-refractivity contribution < 1.29 is 32.6 Å². The number of anilines is 2. The maximum Gasteiger partial charge on any atom is 0.412 e. The van der Waals surface area contributed by atoms with Crippen molar-refractivity contribution in [1.29, 1.82) is 5.26 Å². The van der Waals surface area contributed by atoms with Crippen molar-refractivity contribution in [3.63, 3.8) is 0 Å². The maximum atomic E-state index is 17.0. The highest BCUT2D eigenvalue weighted by atomic mass is 32.1. The van der Waals surface area contributed by atoms with Crippen LogP contribution in [0.2, 0.25) is 0 Å². The number of fused-ring (bicyclic) bond motifs is 4. The Labute approximate surface area is 291 Å². The second-order valence-corrected chi connectivity index (χ2v) is 15.9. The van der Waals surface area contributed by atoms with E-state index in [9.17, 15) is 14.9 Å². The fourth-order valence-corrected chi connectivity index (χ4v) is 8.18. The van der Waals surface area contributed by atoms with Crippen LogP contribution in [0.15, 0.2) is 12.4 Å². The lowest BCUT2D eigenvalue weighted by Gasteiger charge is -2.36. The van der Waals surface area contributed by atoms with E-state index in [0.29, 0.717) is 48.5 Å². The number of aromatic nitrogens is 3. The van der Waals surface area contributed by atoms with Crippen LogP contribution in [-0.2, 0) is 27.4 Å². The number of carbonyl (C=O) groups is 2. The summed E-state index contributed by atoms with van der Waals surface area (Å²) in [4.78, 5) is 43.2. The number of nitrogens with one attached hydrogen (secondary N) is 1. The molecule has 50 heavy (non-hydrogen) atoms. The number of ether oxygens (including phenoxy) is 3. The van der Waals surface area contributed by atoms with Gasteiger partial charge in [-0.15, -0.1) is 11.3 Å². The molecule has 1 atom stereocenters. The van der Waals surface area contributed by atoms with Gasteiger partial charge in [-0.3, -0.25) is 10.3 Å². The average molecular weight is 706 g/mol. The van der Waals surface area contributed by atoms with Crippen LogP contribution in [0.4, 0.5) is 29.3 Å². The Morgan fingerprint density at radius 2 is 1.78 bits per heavy atom. The highest BCUT2D eigenvalue weighted by Gasteiger charge is 2.50. The Kier molecular flexibility index (Phi) is 8.10. The van der Waals surface area contributed by atoms with Gasteiger partial charge in [0.05, 0.1) is 40.9 Å². The molecule has 7 rings (SSSR count). The Morgan fingerprint density at radius 3 is 2.50 bits per heavy atom. The summed E-state index contributed by atoms with van der Waals surface area (Å²) < 4.78 is 49.2. The zero-order chi connectivity index (χ0) is 35.7. The zero-order valence-corrected chi connectivity index (χ0v) is 29.5. The van der Waals surface area contributed by atoms with Crippen LogP contribution in [0, 0.1) is 23.0 Å². The molecule has 2 saturated heterocycles. The number of nitriles is 1. The molecule has 262 valence electrons. The van der Waals surface area contributed by atoms with Crippen LogP contribution in [0.3, 0.4) is 0 Å². The van der Waals surface area contributed by atoms with Crippen LogP contribution in [0.5, 0.6) is 0 Å². The summed E-state index contributed by atoms with van der Waals surface area (Å²) in [5.41, 5.74) is -0.668. The van der Waals surface area contributed by atoms with Crippen LogP contribution < -0.4 is 10.2 Å². The number of hydrogen-bond acceptors (Lipinski definition) is 11. The summed E-state index contributed by atoms with van der Waals surface area (Å²) in [5, 5.41) is 13.4. The van der Waals surface area contributed by atoms with Gasteiger partial charge < -0.3 is 24.0 Å². The van der Waals surface area contributed by atoms with E-state index in [1.807, 2.05) is 30.6 Å². The lowest BCUT2D eigenvalue weighted by atomic mass is 9.94. The minimum absolute atomic E-state index is 0.0293. The standard InChI is InChI=1S/C35H37F2N7O5S/c1-33(2,3)48-31(45)42-29-18(12-38)24-27(39-14-22(36)28(24)50-29)23-21-16-47-15-20(21)19-13-40-30(41-26(19)25(23)37)43-11-9-35(17-43)8-7-10-44(35)32(46)49-34(4,5)6/h13-14H,7-11,15-17H2,1-6H3,(H,42,45)/t35-/m0/s1. The molecule has 0 saturated carbocycles. The van der Waals surface area contributed by atoms with Crippen molar-refractivity contribution in [2.75, 3.05) is 29.9 Å². The SMILES string of the molecule is CC(C)(C)OC(=O)Nc1sc2c(F)cnc(-c3c4c(c5cnc(N6CC[C@@]7(CCCN7C(=O)OC(C)(C)C)C6)nc5c3F)COC4)c2c1C#N. The largest absolute Gasteiger partial charge is 0.444 e. The molecule has 15 heteroatoms. The number of thiophene rings is 1. The Morgan fingerprint density at radius 1 is 1.04 bits per heavy atom. The van der Waals surface area contributed by atoms with Gasteiger partial charge >= 0.3 is 12.2 Å². The van der Waals surface area contributed by atoms with Crippen LogP contribution in [-0.4, -0.2) is 68.4 Å². The molecule has 4 aromatic rings.